The summed E-state index contributed by atoms with van der Waals surface area (Å²) in [7, 11) is 0. The van der Waals surface area contributed by atoms with Crippen LogP contribution in [0, 0.1) is 5.82 Å². The summed E-state index contributed by atoms with van der Waals surface area (Å²) < 4.78 is 56.6. The number of hydrogen-bond acceptors (Lipinski definition) is 6. The van der Waals surface area contributed by atoms with Gasteiger partial charge in [-0.2, -0.15) is 18.3 Å². The van der Waals surface area contributed by atoms with Crippen LogP contribution in [0.1, 0.15) is 29.9 Å². The molecule has 0 radical (unpaired) electrons. The lowest BCUT2D eigenvalue weighted by atomic mass is 10.0. The Morgan fingerprint density at radius 3 is 2.50 bits per heavy atom. The van der Waals surface area contributed by atoms with Crippen LogP contribution in [0.25, 0.3) is 0 Å². The molecular formula is C21H20F4N6O3. The summed E-state index contributed by atoms with van der Waals surface area (Å²) in [6.07, 6.45) is -2.68. The first-order chi connectivity index (χ1) is 16.1. The Hall–Kier alpha value is -3.61. The van der Waals surface area contributed by atoms with Crippen LogP contribution >= 0.6 is 0 Å². The molecule has 1 saturated heterocycles. The zero-order valence-electron chi connectivity index (χ0n) is 17.9. The van der Waals surface area contributed by atoms with Gasteiger partial charge in [0.2, 0.25) is 11.7 Å². The molecular weight excluding hydrogens is 460 g/mol. The van der Waals surface area contributed by atoms with Crippen LogP contribution in [0.4, 0.5) is 22.4 Å². The molecule has 2 atom stereocenters. The molecule has 1 N–H and O–H groups in total. The Morgan fingerprint density at radius 1 is 1.21 bits per heavy atom. The highest BCUT2D eigenvalue weighted by molar-refractivity contribution is 6.08. The first kappa shape index (κ1) is 23.5. The van der Waals surface area contributed by atoms with E-state index < -0.39 is 35.9 Å². The lowest BCUT2D eigenvalue weighted by molar-refractivity contribution is -0.145. The van der Waals surface area contributed by atoms with Gasteiger partial charge >= 0.3 is 12.2 Å². The van der Waals surface area contributed by atoms with Crippen molar-refractivity contribution in [2.45, 2.75) is 25.2 Å². The van der Waals surface area contributed by atoms with Gasteiger partial charge in [0.25, 0.3) is 0 Å². The van der Waals surface area contributed by atoms with Crippen LogP contribution in [0.2, 0.25) is 0 Å². The number of ether oxygens (including phenoxy) is 1. The van der Waals surface area contributed by atoms with E-state index in [1.54, 1.807) is 11.8 Å². The second kappa shape index (κ2) is 9.33. The molecule has 1 aromatic carbocycles. The number of carbonyl (C=O) groups excluding carboxylic acids is 2. The van der Waals surface area contributed by atoms with E-state index in [-0.39, 0.29) is 24.6 Å². The monoisotopic (exact) mass is 480 g/mol. The van der Waals surface area contributed by atoms with Crippen molar-refractivity contribution in [3.63, 3.8) is 0 Å². The summed E-state index contributed by atoms with van der Waals surface area (Å²) in [6.45, 7) is 2.15. The summed E-state index contributed by atoms with van der Waals surface area (Å²) in [5, 5.41) is 8.15. The van der Waals surface area contributed by atoms with Gasteiger partial charge < -0.3 is 15.0 Å². The number of amides is 3. The Balaban J connectivity index is 1.52. The number of alkyl halides is 3. The number of morpholine rings is 1. The number of halogens is 4. The van der Waals surface area contributed by atoms with Gasteiger partial charge in [0.05, 0.1) is 30.9 Å². The third-order valence-electron chi connectivity index (χ3n) is 5.43. The number of hydrogen-bond donors (Lipinski definition) is 1. The van der Waals surface area contributed by atoms with E-state index in [4.69, 9.17) is 4.74 Å². The third-order valence-corrected chi connectivity index (χ3v) is 5.43. The molecule has 2 aliphatic rings. The molecule has 3 heterocycles. The van der Waals surface area contributed by atoms with Gasteiger partial charge in [0, 0.05) is 30.1 Å². The molecule has 4 rings (SSSR count). The van der Waals surface area contributed by atoms with Crippen molar-refractivity contribution in [1.29, 1.82) is 0 Å². The van der Waals surface area contributed by atoms with Crippen LogP contribution in [0.15, 0.2) is 41.8 Å². The molecule has 2 aromatic rings. The smallest absolute Gasteiger partial charge is 0.370 e. The molecule has 0 aliphatic carbocycles. The van der Waals surface area contributed by atoms with E-state index in [0.717, 1.165) is 17.4 Å². The highest BCUT2D eigenvalue weighted by Crippen LogP contribution is 2.26. The van der Waals surface area contributed by atoms with Gasteiger partial charge in [-0.25, -0.2) is 24.2 Å². The van der Waals surface area contributed by atoms with Crippen molar-refractivity contribution < 1.29 is 31.9 Å². The zero-order chi connectivity index (χ0) is 24.5. The minimum atomic E-state index is -4.67. The highest BCUT2D eigenvalue weighted by atomic mass is 19.4. The first-order valence-corrected chi connectivity index (χ1v) is 10.3. The predicted octanol–water partition coefficient (Wildman–Crippen LogP) is 2.35. The van der Waals surface area contributed by atoms with Crippen LogP contribution in [0.3, 0.4) is 0 Å². The van der Waals surface area contributed by atoms with E-state index >= 15 is 0 Å². The fraction of sp³-hybridized carbons (Fsp3) is 0.381. The van der Waals surface area contributed by atoms with Crippen LogP contribution in [-0.2, 0) is 15.7 Å². The van der Waals surface area contributed by atoms with Crippen molar-refractivity contribution in [3.8, 4) is 0 Å². The number of carbonyl (C=O) groups is 2. The topological polar surface area (TPSA) is 100 Å². The summed E-state index contributed by atoms with van der Waals surface area (Å²) >= 11 is 0. The van der Waals surface area contributed by atoms with E-state index in [1.165, 1.54) is 24.3 Å². The van der Waals surface area contributed by atoms with E-state index in [1.807, 2.05) is 0 Å². The number of nitrogens with zero attached hydrogens (tertiary/aromatic N) is 5. The quantitative estimate of drug-likeness (QED) is 0.678. The lowest BCUT2D eigenvalue weighted by Gasteiger charge is -2.32. The molecule has 0 spiro atoms. The maximum Gasteiger partial charge on any atom is 0.451 e. The van der Waals surface area contributed by atoms with Crippen molar-refractivity contribution in [2.24, 2.45) is 5.10 Å². The Morgan fingerprint density at radius 2 is 1.88 bits per heavy atom. The van der Waals surface area contributed by atoms with Crippen molar-refractivity contribution in [3.05, 3.63) is 59.4 Å². The number of urea groups is 1. The van der Waals surface area contributed by atoms with Gasteiger partial charge in [-0.05, 0) is 19.1 Å². The largest absolute Gasteiger partial charge is 0.451 e. The summed E-state index contributed by atoms with van der Waals surface area (Å²) in [5.41, 5.74) is 1.23. The van der Waals surface area contributed by atoms with E-state index in [2.05, 4.69) is 20.4 Å². The van der Waals surface area contributed by atoms with Crippen molar-refractivity contribution in [2.75, 3.05) is 26.3 Å². The average Bonchev–Trinajstić information content (AvgIpc) is 3.25. The van der Waals surface area contributed by atoms with Gasteiger partial charge in [-0.1, -0.05) is 12.1 Å². The van der Waals surface area contributed by atoms with Crippen LogP contribution < -0.4 is 5.32 Å². The van der Waals surface area contributed by atoms with Crippen molar-refractivity contribution >= 4 is 17.6 Å². The minimum Gasteiger partial charge on any atom is -0.370 e. The fourth-order valence-electron chi connectivity index (χ4n) is 3.64. The summed E-state index contributed by atoms with van der Waals surface area (Å²) in [4.78, 5) is 33.5. The van der Waals surface area contributed by atoms with E-state index in [0.29, 0.717) is 24.4 Å². The standard InChI is InChI=1S/C21H20F4N6O3/c1-12(14-8-26-19(27-9-14)21(23,24)25)28-20(33)31-10-16(30-6-7-34-11-17(30)32)18(29-31)13-2-4-15(22)5-3-13/h2-5,8-9,12,16H,6-7,10-11H2,1H3,(H,28,33)/t12?,16-/m1/s1. The molecule has 0 bridgehead atoms. The SMILES string of the molecule is CC(NC(=O)N1C[C@@H](N2CCOCC2=O)C(c2ccc(F)cc2)=N1)c1cnc(C(F)(F)F)nc1. The van der Waals surface area contributed by atoms with Gasteiger partial charge in [0.15, 0.2) is 0 Å². The number of aromatic nitrogens is 2. The first-order valence-electron chi connectivity index (χ1n) is 10.3. The molecule has 34 heavy (non-hydrogen) atoms. The molecule has 3 amide bonds. The van der Waals surface area contributed by atoms with Crippen LogP contribution in [0.5, 0.6) is 0 Å². The maximum atomic E-state index is 13.4. The van der Waals surface area contributed by atoms with Crippen molar-refractivity contribution in [1.82, 2.24) is 25.2 Å². The van der Waals surface area contributed by atoms with E-state index in [9.17, 15) is 27.2 Å². The molecule has 9 nitrogen and oxygen atoms in total. The zero-order valence-corrected chi connectivity index (χ0v) is 17.9. The molecule has 13 heteroatoms. The second-order valence-electron chi connectivity index (χ2n) is 7.74. The molecule has 2 aliphatic heterocycles. The number of rotatable bonds is 4. The second-order valence-corrected chi connectivity index (χ2v) is 7.74. The van der Waals surface area contributed by atoms with Gasteiger partial charge in [-0.3, -0.25) is 4.79 Å². The molecule has 1 unspecified atom stereocenters. The molecule has 0 saturated carbocycles. The highest BCUT2D eigenvalue weighted by Gasteiger charge is 2.39. The number of benzene rings is 1. The summed E-state index contributed by atoms with van der Waals surface area (Å²) in [6, 6.07) is 3.61. The minimum absolute atomic E-state index is 0.0422. The predicted molar refractivity (Wildman–Crippen MR) is 110 cm³/mol. The normalized spacial score (nSPS) is 19.7. The molecule has 180 valence electrons. The lowest BCUT2D eigenvalue weighted by Crippen LogP contribution is -2.52. The number of hydrazone groups is 1. The fourth-order valence-corrected chi connectivity index (χ4v) is 3.64. The van der Waals surface area contributed by atoms with Crippen LogP contribution in [-0.4, -0.2) is 69.9 Å². The van der Waals surface area contributed by atoms with Gasteiger partial charge in [-0.15, -0.1) is 0 Å². The van der Waals surface area contributed by atoms with Gasteiger partial charge in [0.1, 0.15) is 12.4 Å². The summed E-state index contributed by atoms with van der Waals surface area (Å²) in [5.74, 6) is -1.98. The average molecular weight is 480 g/mol. The maximum absolute atomic E-state index is 13.4. The Bertz CT molecular complexity index is 1090. The Labute approximate surface area is 191 Å². The third kappa shape index (κ3) is 4.98. The molecule has 1 aromatic heterocycles. The molecule has 1 fully saturated rings. The Kier molecular flexibility index (Phi) is 6.46. The number of nitrogens with one attached hydrogen (secondary N) is 1.